The Hall–Kier alpha value is -1.59. The molecule has 0 aliphatic heterocycles. The lowest BCUT2D eigenvalue weighted by atomic mass is 10.2. The summed E-state index contributed by atoms with van der Waals surface area (Å²) in [5, 5.41) is 2.97. The average Bonchev–Trinajstić information content (AvgIpc) is 2.63. The Morgan fingerprint density at radius 1 is 0.958 bits per heavy atom. The number of thioether (sulfide) groups is 2. The minimum Gasteiger partial charge on any atom is -0.497 e. The third-order valence-corrected chi connectivity index (χ3v) is 5.38. The number of amides is 1. The molecule has 3 nitrogen and oxygen atoms in total. The molecule has 128 valence electrons. The molecule has 1 N–H and O–H groups in total. The number of carbonyl (C=O) groups is 1. The van der Waals surface area contributed by atoms with E-state index in [0.717, 1.165) is 29.6 Å². The van der Waals surface area contributed by atoms with E-state index in [1.807, 2.05) is 42.1 Å². The maximum Gasteiger partial charge on any atom is 0.230 e. The van der Waals surface area contributed by atoms with Gasteiger partial charge in [-0.05, 0) is 23.3 Å². The van der Waals surface area contributed by atoms with E-state index in [1.54, 1.807) is 18.9 Å². The minimum absolute atomic E-state index is 0.105. The van der Waals surface area contributed by atoms with Crippen LogP contribution in [0, 0.1) is 0 Å². The van der Waals surface area contributed by atoms with E-state index in [0.29, 0.717) is 5.75 Å². The van der Waals surface area contributed by atoms with Crippen molar-refractivity contribution in [3.05, 3.63) is 65.7 Å². The molecular formula is C19H23NO2S2. The second kappa shape index (κ2) is 11.0. The van der Waals surface area contributed by atoms with Gasteiger partial charge in [-0.2, -0.15) is 11.8 Å². The standard InChI is InChI=1S/C19H23NO2S2/c1-22-18-9-7-17(8-10-18)14-24-15-19(21)20-11-12-23-13-16-5-3-2-4-6-16/h2-10H,11-15H2,1H3,(H,20,21). The Labute approximate surface area is 152 Å². The Morgan fingerprint density at radius 3 is 2.33 bits per heavy atom. The van der Waals surface area contributed by atoms with Crippen LogP contribution in [0.15, 0.2) is 54.6 Å². The highest BCUT2D eigenvalue weighted by Crippen LogP contribution is 2.16. The van der Waals surface area contributed by atoms with Crippen LogP contribution in [0.5, 0.6) is 5.75 Å². The maximum absolute atomic E-state index is 11.8. The highest BCUT2D eigenvalue weighted by Gasteiger charge is 2.02. The topological polar surface area (TPSA) is 38.3 Å². The molecule has 2 rings (SSSR count). The van der Waals surface area contributed by atoms with Crippen molar-refractivity contribution < 1.29 is 9.53 Å². The van der Waals surface area contributed by atoms with Gasteiger partial charge in [0, 0.05) is 23.8 Å². The third-order valence-electron chi connectivity index (χ3n) is 3.34. The molecule has 0 saturated carbocycles. The van der Waals surface area contributed by atoms with E-state index in [2.05, 4.69) is 29.6 Å². The van der Waals surface area contributed by atoms with E-state index in [1.165, 1.54) is 11.1 Å². The van der Waals surface area contributed by atoms with Crippen LogP contribution in [-0.2, 0) is 16.3 Å². The molecule has 0 atom stereocenters. The van der Waals surface area contributed by atoms with Crippen molar-refractivity contribution in [2.24, 2.45) is 0 Å². The fourth-order valence-corrected chi connectivity index (χ4v) is 3.70. The summed E-state index contributed by atoms with van der Waals surface area (Å²) < 4.78 is 5.13. The summed E-state index contributed by atoms with van der Waals surface area (Å²) in [5.41, 5.74) is 2.52. The first-order chi connectivity index (χ1) is 11.8. The molecule has 24 heavy (non-hydrogen) atoms. The predicted octanol–water partition coefficient (Wildman–Crippen LogP) is 3.98. The molecule has 0 fully saturated rings. The lowest BCUT2D eigenvalue weighted by Crippen LogP contribution is -2.27. The molecule has 2 aromatic carbocycles. The zero-order valence-electron chi connectivity index (χ0n) is 13.9. The third kappa shape index (κ3) is 7.32. The zero-order valence-corrected chi connectivity index (χ0v) is 15.5. The van der Waals surface area contributed by atoms with Crippen molar-refractivity contribution in [2.45, 2.75) is 11.5 Å². The fraction of sp³-hybridized carbons (Fsp3) is 0.316. The van der Waals surface area contributed by atoms with Crippen LogP contribution in [0.1, 0.15) is 11.1 Å². The van der Waals surface area contributed by atoms with E-state index in [9.17, 15) is 4.79 Å². The van der Waals surface area contributed by atoms with E-state index in [-0.39, 0.29) is 5.91 Å². The van der Waals surface area contributed by atoms with Crippen molar-refractivity contribution in [3.8, 4) is 5.75 Å². The summed E-state index contributed by atoms with van der Waals surface area (Å²) in [6, 6.07) is 18.3. The number of hydrogen-bond acceptors (Lipinski definition) is 4. The second-order valence-electron chi connectivity index (χ2n) is 5.23. The number of benzene rings is 2. The summed E-state index contributed by atoms with van der Waals surface area (Å²) in [5.74, 6) is 4.21. The van der Waals surface area contributed by atoms with Gasteiger partial charge in [0.25, 0.3) is 0 Å². The first-order valence-corrected chi connectivity index (χ1v) is 10.2. The van der Waals surface area contributed by atoms with Crippen LogP contribution >= 0.6 is 23.5 Å². The first kappa shape index (κ1) is 18.7. The average molecular weight is 362 g/mol. The van der Waals surface area contributed by atoms with Crippen LogP contribution in [-0.4, -0.2) is 31.1 Å². The van der Waals surface area contributed by atoms with Gasteiger partial charge >= 0.3 is 0 Å². The lowest BCUT2D eigenvalue weighted by Gasteiger charge is -2.06. The van der Waals surface area contributed by atoms with Gasteiger partial charge in [0.1, 0.15) is 5.75 Å². The second-order valence-corrected chi connectivity index (χ2v) is 7.32. The molecule has 0 spiro atoms. The Balaban J connectivity index is 1.51. The minimum atomic E-state index is 0.105. The van der Waals surface area contributed by atoms with Gasteiger partial charge in [-0.15, -0.1) is 11.8 Å². The van der Waals surface area contributed by atoms with Crippen molar-refractivity contribution in [1.29, 1.82) is 0 Å². The molecule has 0 aromatic heterocycles. The van der Waals surface area contributed by atoms with Crippen LogP contribution < -0.4 is 10.1 Å². The summed E-state index contributed by atoms with van der Waals surface area (Å²) in [6.45, 7) is 0.722. The number of hydrogen-bond donors (Lipinski definition) is 1. The van der Waals surface area contributed by atoms with Crippen LogP contribution in [0.2, 0.25) is 0 Å². The number of ether oxygens (including phenoxy) is 1. The first-order valence-electron chi connectivity index (χ1n) is 7.87. The highest BCUT2D eigenvalue weighted by atomic mass is 32.2. The molecule has 0 radical (unpaired) electrons. The van der Waals surface area contributed by atoms with Gasteiger partial charge in [-0.3, -0.25) is 4.79 Å². The van der Waals surface area contributed by atoms with Crippen molar-refractivity contribution in [3.63, 3.8) is 0 Å². The summed E-state index contributed by atoms with van der Waals surface area (Å²) >= 11 is 3.47. The van der Waals surface area contributed by atoms with E-state index in [4.69, 9.17) is 4.74 Å². The number of carbonyl (C=O) groups excluding carboxylic acids is 1. The fourth-order valence-electron chi connectivity index (χ4n) is 2.06. The van der Waals surface area contributed by atoms with Gasteiger partial charge in [-0.25, -0.2) is 0 Å². The van der Waals surface area contributed by atoms with Gasteiger partial charge in [0.2, 0.25) is 5.91 Å². The molecule has 1 amide bonds. The number of methoxy groups -OCH3 is 1. The summed E-state index contributed by atoms with van der Waals surface area (Å²) in [4.78, 5) is 11.8. The monoisotopic (exact) mass is 361 g/mol. The quantitative estimate of drug-likeness (QED) is 0.650. The predicted molar refractivity (Wildman–Crippen MR) is 105 cm³/mol. The van der Waals surface area contributed by atoms with Gasteiger partial charge in [0.05, 0.1) is 12.9 Å². The molecule has 2 aromatic rings. The number of nitrogens with one attached hydrogen (secondary N) is 1. The smallest absolute Gasteiger partial charge is 0.230 e. The highest BCUT2D eigenvalue weighted by molar-refractivity contribution is 7.99. The van der Waals surface area contributed by atoms with Gasteiger partial charge in [0.15, 0.2) is 0 Å². The van der Waals surface area contributed by atoms with Crippen molar-refractivity contribution in [2.75, 3.05) is 25.2 Å². The Bertz CT molecular complexity index is 603. The van der Waals surface area contributed by atoms with Crippen molar-refractivity contribution in [1.82, 2.24) is 5.32 Å². The Kier molecular flexibility index (Phi) is 8.63. The summed E-state index contributed by atoms with van der Waals surface area (Å²) in [6.07, 6.45) is 0. The zero-order chi connectivity index (χ0) is 17.0. The largest absolute Gasteiger partial charge is 0.497 e. The maximum atomic E-state index is 11.8. The van der Waals surface area contributed by atoms with Gasteiger partial charge < -0.3 is 10.1 Å². The number of rotatable bonds is 10. The van der Waals surface area contributed by atoms with E-state index >= 15 is 0 Å². The van der Waals surface area contributed by atoms with Gasteiger partial charge in [-0.1, -0.05) is 42.5 Å². The van der Waals surface area contributed by atoms with Crippen LogP contribution in [0.25, 0.3) is 0 Å². The molecule has 0 heterocycles. The van der Waals surface area contributed by atoms with Crippen molar-refractivity contribution >= 4 is 29.4 Å². The van der Waals surface area contributed by atoms with Crippen LogP contribution in [0.4, 0.5) is 0 Å². The Morgan fingerprint density at radius 2 is 1.62 bits per heavy atom. The molecule has 0 unspecified atom stereocenters. The summed E-state index contributed by atoms with van der Waals surface area (Å²) in [7, 11) is 1.66. The normalized spacial score (nSPS) is 10.4. The molecule has 0 aliphatic rings. The SMILES string of the molecule is COc1ccc(CSCC(=O)NCCSCc2ccccc2)cc1. The van der Waals surface area contributed by atoms with Crippen LogP contribution in [0.3, 0.4) is 0 Å². The molecule has 0 bridgehead atoms. The molecular weight excluding hydrogens is 338 g/mol. The lowest BCUT2D eigenvalue weighted by molar-refractivity contribution is -0.118. The molecule has 5 heteroatoms. The molecule has 0 saturated heterocycles. The van der Waals surface area contributed by atoms with E-state index < -0.39 is 0 Å². The molecule has 0 aliphatic carbocycles.